The second-order valence-corrected chi connectivity index (χ2v) is 16.7. The fourth-order valence-electron chi connectivity index (χ4n) is 5.49. The Morgan fingerprint density at radius 3 is 0.658 bits per heavy atom. The summed E-state index contributed by atoms with van der Waals surface area (Å²) in [5, 5.41) is 0.614. The van der Waals surface area contributed by atoms with Gasteiger partial charge in [-0.3, -0.25) is 14.4 Å². The summed E-state index contributed by atoms with van der Waals surface area (Å²) in [6, 6.07) is 0. The molecule has 0 aliphatic carbocycles. The summed E-state index contributed by atoms with van der Waals surface area (Å²) in [6.07, 6.45) is 0.0242. The van der Waals surface area contributed by atoms with E-state index in [0.29, 0.717) is 262 Å². The van der Waals surface area contributed by atoms with Crippen molar-refractivity contribution >= 4 is 34.7 Å². The molecule has 0 radical (unpaired) electrons. The number of amides is 2. The average molecular weight is 1130 g/mol. The molecule has 448 valence electrons. The van der Waals surface area contributed by atoms with Crippen molar-refractivity contribution in [1.82, 2.24) is 5.06 Å². The maximum atomic E-state index is 11.7. The van der Waals surface area contributed by atoms with Crippen LogP contribution in [0.1, 0.15) is 26.2 Å². The Morgan fingerprint density at radius 2 is 0.474 bits per heavy atom. The Morgan fingerprint density at radius 1 is 0.303 bits per heavy atom. The first-order chi connectivity index (χ1) is 37.5. The van der Waals surface area contributed by atoms with E-state index in [1.165, 1.54) is 11.8 Å². The number of hydrogen-bond donors (Lipinski definition) is 0. The average Bonchev–Trinajstić information content (AvgIpc) is 3.73. The van der Waals surface area contributed by atoms with Crippen molar-refractivity contribution in [2.75, 3.05) is 270 Å². The molecule has 1 rings (SSSR count). The zero-order valence-corrected chi connectivity index (χ0v) is 46.0. The molecule has 26 nitrogen and oxygen atoms in total. The van der Waals surface area contributed by atoms with Gasteiger partial charge in [0.05, 0.1) is 271 Å². The lowest BCUT2D eigenvalue weighted by Gasteiger charge is -2.12. The fraction of sp³-hybridized carbons (Fsp3) is 0.918. The lowest BCUT2D eigenvalue weighted by atomic mass is 10.4. The topological polar surface area (TPSA) is 265 Å². The maximum absolute atomic E-state index is 11.7. The molecular weight excluding hydrogens is 1030 g/mol. The van der Waals surface area contributed by atoms with E-state index < -0.39 is 17.8 Å². The Balaban J connectivity index is 1.60. The Bertz CT molecular complexity index is 1270. The number of hydroxylamine groups is 2. The van der Waals surface area contributed by atoms with Crippen LogP contribution >= 0.6 is 11.8 Å². The highest BCUT2D eigenvalue weighted by molar-refractivity contribution is 8.13. The first-order valence-corrected chi connectivity index (χ1v) is 27.2. The molecule has 0 spiro atoms. The number of rotatable bonds is 64. The number of imide groups is 1. The van der Waals surface area contributed by atoms with Crippen molar-refractivity contribution in [2.24, 2.45) is 0 Å². The van der Waals surface area contributed by atoms with Crippen molar-refractivity contribution in [3.05, 3.63) is 0 Å². The summed E-state index contributed by atoms with van der Waals surface area (Å²) in [6.45, 7) is 19.7. The largest absolute Gasteiger partial charge is 0.378 e. The summed E-state index contributed by atoms with van der Waals surface area (Å²) in [5.74, 6) is -1.07. The molecule has 0 aromatic heterocycles. The minimum atomic E-state index is -0.705. The molecule has 1 aliphatic heterocycles. The molecule has 76 heavy (non-hydrogen) atoms. The molecule has 0 saturated carbocycles. The molecular formula is C49H91NO25S. The van der Waals surface area contributed by atoms with Crippen LogP contribution < -0.4 is 0 Å². The number of hydrogen-bond acceptors (Lipinski definition) is 26. The zero-order valence-electron chi connectivity index (χ0n) is 45.2. The molecule has 0 aromatic rings. The molecule has 27 heteroatoms. The van der Waals surface area contributed by atoms with E-state index in [4.69, 9.17) is 99.6 Å². The monoisotopic (exact) mass is 1130 g/mol. The van der Waals surface area contributed by atoms with Crippen LogP contribution in [0.2, 0.25) is 0 Å². The molecule has 0 unspecified atom stereocenters. The third-order valence-electron chi connectivity index (χ3n) is 9.25. The summed E-state index contributed by atoms with van der Waals surface area (Å²) in [7, 11) is 0. The van der Waals surface area contributed by atoms with Crippen LogP contribution in [0.25, 0.3) is 0 Å². The highest BCUT2D eigenvalue weighted by Crippen LogP contribution is 2.12. The summed E-state index contributed by atoms with van der Waals surface area (Å²) in [5.41, 5.74) is 0. The van der Waals surface area contributed by atoms with Crippen molar-refractivity contribution in [2.45, 2.75) is 26.2 Å². The first kappa shape index (κ1) is 71.8. The number of thioether (sulfide) groups is 1. The lowest BCUT2D eigenvalue weighted by Crippen LogP contribution is -2.32. The van der Waals surface area contributed by atoms with Crippen LogP contribution in [0.15, 0.2) is 0 Å². The van der Waals surface area contributed by atoms with Gasteiger partial charge in [0.2, 0.25) is 0 Å². The normalized spacial score (nSPS) is 12.7. The summed E-state index contributed by atoms with van der Waals surface area (Å²) < 4.78 is 109. The van der Waals surface area contributed by atoms with Crippen molar-refractivity contribution in [3.63, 3.8) is 0 Å². The van der Waals surface area contributed by atoms with Crippen LogP contribution in [0.5, 0.6) is 0 Å². The molecule has 1 heterocycles. The van der Waals surface area contributed by atoms with E-state index in [0.717, 1.165) is 0 Å². The highest BCUT2D eigenvalue weighted by Gasteiger charge is 2.32. The molecule has 1 aliphatic rings. The third kappa shape index (κ3) is 55.2. The lowest BCUT2D eigenvalue weighted by molar-refractivity contribution is -0.198. The van der Waals surface area contributed by atoms with Gasteiger partial charge in [0, 0.05) is 25.5 Å². The van der Waals surface area contributed by atoms with E-state index in [9.17, 15) is 19.2 Å². The second kappa shape index (κ2) is 60.5. The minimum Gasteiger partial charge on any atom is -0.378 e. The van der Waals surface area contributed by atoms with Crippen molar-refractivity contribution in [3.8, 4) is 0 Å². The Hall–Kier alpha value is -2.17. The Kier molecular flexibility index (Phi) is 57.2. The smallest absolute Gasteiger partial charge is 0.335 e. The van der Waals surface area contributed by atoms with Gasteiger partial charge in [0.1, 0.15) is 0 Å². The maximum Gasteiger partial charge on any atom is 0.335 e. The van der Waals surface area contributed by atoms with Gasteiger partial charge in [0.25, 0.3) is 11.8 Å². The summed E-state index contributed by atoms with van der Waals surface area (Å²) >= 11 is 1.26. The number of ether oxygens (including phenoxy) is 20. The van der Waals surface area contributed by atoms with E-state index in [1.54, 1.807) is 6.92 Å². The molecule has 2 amide bonds. The van der Waals surface area contributed by atoms with E-state index in [2.05, 4.69) is 0 Å². The van der Waals surface area contributed by atoms with Gasteiger partial charge in [-0.05, 0) is 0 Å². The Labute approximate surface area is 453 Å². The predicted molar refractivity (Wildman–Crippen MR) is 271 cm³/mol. The van der Waals surface area contributed by atoms with Gasteiger partial charge < -0.3 is 99.6 Å². The SMILES string of the molecule is CC(=O)SCCOCCOCCOCCOCCOCCOCCOCCOCCOCCOCCOCCOCCOCCOCCOCCOCCOCCOCCOCCOCCC(=O)ON1C(=O)CCC1=O. The van der Waals surface area contributed by atoms with Crippen LogP contribution in [0.3, 0.4) is 0 Å². The molecule has 1 saturated heterocycles. The van der Waals surface area contributed by atoms with Gasteiger partial charge in [0.15, 0.2) is 5.12 Å². The van der Waals surface area contributed by atoms with Gasteiger partial charge >= 0.3 is 5.97 Å². The molecule has 0 atom stereocenters. The fourth-order valence-corrected chi connectivity index (χ4v) is 5.97. The van der Waals surface area contributed by atoms with Crippen LogP contribution in [-0.4, -0.2) is 298 Å². The number of carbonyl (C=O) groups is 4. The standard InChI is InChI=1S/C49H91NO25S/c1-46(51)76-45-44-74-43-42-73-41-40-72-39-38-71-37-36-70-35-34-69-33-32-68-31-30-67-29-28-66-27-26-65-25-24-64-23-22-63-21-20-62-19-18-61-17-16-60-15-14-59-13-12-58-11-10-57-9-8-56-7-6-55-5-4-49(54)75-50-47(52)2-3-48(50)53/h2-45H2,1H3. The molecule has 0 aromatic carbocycles. The van der Waals surface area contributed by atoms with Crippen LogP contribution in [-0.2, 0) is 119 Å². The van der Waals surface area contributed by atoms with Crippen LogP contribution in [0.4, 0.5) is 0 Å². The molecule has 0 N–H and O–H groups in total. The van der Waals surface area contributed by atoms with Crippen molar-refractivity contribution < 1.29 is 119 Å². The van der Waals surface area contributed by atoms with Gasteiger partial charge in [-0.25, -0.2) is 4.79 Å². The molecule has 1 fully saturated rings. The van der Waals surface area contributed by atoms with Gasteiger partial charge in [-0.2, -0.15) is 0 Å². The van der Waals surface area contributed by atoms with E-state index >= 15 is 0 Å². The quantitative estimate of drug-likeness (QED) is 0.0596. The number of carbonyl (C=O) groups excluding carboxylic acids is 4. The first-order valence-electron chi connectivity index (χ1n) is 26.3. The minimum absolute atomic E-state index is 0.0528. The number of nitrogens with zero attached hydrogens (tertiary/aromatic N) is 1. The van der Waals surface area contributed by atoms with Crippen LogP contribution in [0, 0.1) is 0 Å². The van der Waals surface area contributed by atoms with Crippen molar-refractivity contribution in [1.29, 1.82) is 0 Å². The zero-order chi connectivity index (χ0) is 54.6. The van der Waals surface area contributed by atoms with Gasteiger partial charge in [-0.15, -0.1) is 5.06 Å². The van der Waals surface area contributed by atoms with E-state index in [-0.39, 0.29) is 37.6 Å². The van der Waals surface area contributed by atoms with E-state index in [1.807, 2.05) is 0 Å². The van der Waals surface area contributed by atoms with Gasteiger partial charge in [-0.1, -0.05) is 11.8 Å². The molecule has 0 bridgehead atoms. The third-order valence-corrected chi connectivity index (χ3v) is 10.0. The second-order valence-electron chi connectivity index (χ2n) is 15.4. The predicted octanol–water partition coefficient (Wildman–Crippen LogP) is 0.595. The summed E-state index contributed by atoms with van der Waals surface area (Å²) in [4.78, 5) is 50.1. The highest BCUT2D eigenvalue weighted by atomic mass is 32.2.